The minimum absolute atomic E-state index is 0.234. The smallest absolute Gasteiger partial charge is 0.250 e. The second-order valence-electron chi connectivity index (χ2n) is 4.82. The van der Waals surface area contributed by atoms with Gasteiger partial charge in [-0.05, 0) is 24.5 Å². The van der Waals surface area contributed by atoms with E-state index in [9.17, 15) is 8.42 Å². The Labute approximate surface area is 123 Å². The van der Waals surface area contributed by atoms with E-state index in [1.54, 1.807) is 12.1 Å². The third-order valence-corrected chi connectivity index (χ3v) is 6.83. The molecule has 7 heteroatoms. The molecule has 1 aromatic rings. The van der Waals surface area contributed by atoms with E-state index in [0.29, 0.717) is 17.3 Å². The highest BCUT2D eigenvalue weighted by Crippen LogP contribution is 2.27. The number of nitrogens with two attached hydrogens (primary N) is 1. The van der Waals surface area contributed by atoms with E-state index in [-0.39, 0.29) is 9.20 Å². The van der Waals surface area contributed by atoms with Crippen molar-refractivity contribution in [3.05, 3.63) is 17.0 Å². The largest absolute Gasteiger partial charge is 0.389 e. The molecule has 1 aliphatic rings. The van der Waals surface area contributed by atoms with Crippen LogP contribution in [-0.2, 0) is 10.0 Å². The number of nitrogens with one attached hydrogen (secondary N) is 1. The summed E-state index contributed by atoms with van der Waals surface area (Å²) < 4.78 is 27.0. The summed E-state index contributed by atoms with van der Waals surface area (Å²) in [6.45, 7) is 0.507. The number of hydrogen-bond acceptors (Lipinski definition) is 4. The average Bonchev–Trinajstić information content (AvgIpc) is 2.99. The third-order valence-electron chi connectivity index (χ3n) is 3.41. The lowest BCUT2D eigenvalue weighted by Gasteiger charge is -2.09. The lowest BCUT2D eigenvalue weighted by molar-refractivity contribution is 0.496. The molecule has 0 unspecified atom stereocenters. The zero-order valence-electron chi connectivity index (χ0n) is 10.6. The summed E-state index contributed by atoms with van der Waals surface area (Å²) in [5, 5.41) is 0. The summed E-state index contributed by atoms with van der Waals surface area (Å²) in [6, 6.07) is 3.20. The Morgan fingerprint density at radius 2 is 2.11 bits per heavy atom. The molecule has 4 nitrogen and oxygen atoms in total. The predicted molar refractivity (Wildman–Crippen MR) is 82.0 cm³/mol. The Hall–Kier alpha value is -0.500. The van der Waals surface area contributed by atoms with Gasteiger partial charge in [-0.15, -0.1) is 11.3 Å². The number of sulfonamides is 1. The van der Waals surface area contributed by atoms with E-state index in [4.69, 9.17) is 18.0 Å². The van der Waals surface area contributed by atoms with Crippen molar-refractivity contribution in [3.63, 3.8) is 0 Å². The van der Waals surface area contributed by atoms with Crippen LogP contribution in [0.25, 0.3) is 0 Å². The minimum atomic E-state index is -3.41. The SMILES string of the molecule is NC(=S)c1ccc(S(=O)(=O)NCCC2CCCC2)s1. The lowest BCUT2D eigenvalue weighted by atomic mass is 10.1. The summed E-state index contributed by atoms with van der Waals surface area (Å²) in [5.74, 6) is 0.679. The van der Waals surface area contributed by atoms with Gasteiger partial charge in [-0.1, -0.05) is 37.9 Å². The fourth-order valence-electron chi connectivity index (χ4n) is 2.36. The van der Waals surface area contributed by atoms with Crippen LogP contribution in [0, 0.1) is 5.92 Å². The minimum Gasteiger partial charge on any atom is -0.389 e. The molecule has 3 N–H and O–H groups in total. The summed E-state index contributed by atoms with van der Waals surface area (Å²) in [7, 11) is -3.41. The fraction of sp³-hybridized carbons (Fsp3) is 0.583. The standard InChI is InChI=1S/C12H18N2O2S3/c13-12(17)10-5-6-11(18-10)19(15,16)14-8-7-9-3-1-2-4-9/h5-6,9,14H,1-4,7-8H2,(H2,13,17). The van der Waals surface area contributed by atoms with Crippen molar-refractivity contribution < 1.29 is 8.42 Å². The van der Waals surface area contributed by atoms with Crippen molar-refractivity contribution in [1.82, 2.24) is 4.72 Å². The summed E-state index contributed by atoms with van der Waals surface area (Å²) in [5.41, 5.74) is 5.48. The van der Waals surface area contributed by atoms with E-state index in [1.165, 1.54) is 25.7 Å². The van der Waals surface area contributed by atoms with Gasteiger partial charge >= 0.3 is 0 Å². The number of hydrogen-bond donors (Lipinski definition) is 2. The van der Waals surface area contributed by atoms with Crippen LogP contribution in [0.1, 0.15) is 37.0 Å². The van der Waals surface area contributed by atoms with Crippen LogP contribution in [0.4, 0.5) is 0 Å². The topological polar surface area (TPSA) is 72.2 Å². The van der Waals surface area contributed by atoms with Crippen molar-refractivity contribution in [2.24, 2.45) is 11.7 Å². The van der Waals surface area contributed by atoms with Crippen molar-refractivity contribution in [3.8, 4) is 0 Å². The molecule has 1 fully saturated rings. The molecule has 1 saturated carbocycles. The van der Waals surface area contributed by atoms with Gasteiger partial charge in [-0.25, -0.2) is 13.1 Å². The molecule has 0 saturated heterocycles. The highest BCUT2D eigenvalue weighted by molar-refractivity contribution is 7.91. The maximum absolute atomic E-state index is 12.1. The zero-order valence-corrected chi connectivity index (χ0v) is 13.0. The Kier molecular flexibility index (Phi) is 4.94. The van der Waals surface area contributed by atoms with Crippen LogP contribution in [0.5, 0.6) is 0 Å². The summed E-state index contributed by atoms with van der Waals surface area (Å²) >= 11 is 5.95. The Balaban J connectivity index is 1.91. The molecule has 1 aromatic heterocycles. The first kappa shape index (κ1) is 14.9. The van der Waals surface area contributed by atoms with Gasteiger partial charge in [0.2, 0.25) is 10.0 Å². The third kappa shape index (κ3) is 3.98. The van der Waals surface area contributed by atoms with Crippen LogP contribution in [0.2, 0.25) is 0 Å². The molecule has 0 spiro atoms. The van der Waals surface area contributed by atoms with Gasteiger partial charge in [0, 0.05) is 6.54 Å². The van der Waals surface area contributed by atoms with Gasteiger partial charge in [-0.2, -0.15) is 0 Å². The first-order valence-electron chi connectivity index (χ1n) is 6.38. The van der Waals surface area contributed by atoms with Crippen LogP contribution >= 0.6 is 23.6 Å². The molecular formula is C12H18N2O2S3. The summed E-state index contributed by atoms with van der Waals surface area (Å²) in [6.07, 6.45) is 5.94. The summed E-state index contributed by atoms with van der Waals surface area (Å²) in [4.78, 5) is 0.864. The van der Waals surface area contributed by atoms with E-state index in [1.807, 2.05) is 0 Å². The second-order valence-corrected chi connectivity index (χ2v) is 8.34. The van der Waals surface area contributed by atoms with Gasteiger partial charge in [0.1, 0.15) is 9.20 Å². The van der Waals surface area contributed by atoms with Gasteiger partial charge in [-0.3, -0.25) is 0 Å². The van der Waals surface area contributed by atoms with Gasteiger partial charge in [0.05, 0.1) is 4.88 Å². The number of rotatable bonds is 6. The van der Waals surface area contributed by atoms with Crippen molar-refractivity contribution in [2.45, 2.75) is 36.3 Å². The molecule has 0 aromatic carbocycles. The maximum atomic E-state index is 12.1. The van der Waals surface area contributed by atoms with Crippen LogP contribution in [-0.4, -0.2) is 20.0 Å². The van der Waals surface area contributed by atoms with Crippen molar-refractivity contribution in [1.29, 1.82) is 0 Å². The molecule has 1 aliphatic carbocycles. The van der Waals surface area contributed by atoms with Crippen LogP contribution < -0.4 is 10.5 Å². The molecule has 106 valence electrons. The fourth-order valence-corrected chi connectivity index (χ4v) is 4.81. The monoisotopic (exact) mass is 318 g/mol. The molecule has 0 aliphatic heterocycles. The van der Waals surface area contributed by atoms with Crippen LogP contribution in [0.15, 0.2) is 16.3 Å². The second kappa shape index (κ2) is 6.30. The van der Waals surface area contributed by atoms with E-state index in [0.717, 1.165) is 17.8 Å². The predicted octanol–water partition coefficient (Wildman–Crippen LogP) is 2.24. The lowest BCUT2D eigenvalue weighted by Crippen LogP contribution is -2.25. The highest BCUT2D eigenvalue weighted by atomic mass is 32.2. The molecule has 0 amide bonds. The maximum Gasteiger partial charge on any atom is 0.250 e. The van der Waals surface area contributed by atoms with Gasteiger partial charge in [0.15, 0.2) is 0 Å². The number of thiophene rings is 1. The quantitative estimate of drug-likeness (QED) is 0.789. The molecule has 0 bridgehead atoms. The van der Waals surface area contributed by atoms with Crippen LogP contribution in [0.3, 0.4) is 0 Å². The van der Waals surface area contributed by atoms with E-state index >= 15 is 0 Å². The van der Waals surface area contributed by atoms with E-state index < -0.39 is 10.0 Å². The molecular weight excluding hydrogens is 300 g/mol. The Morgan fingerprint density at radius 1 is 1.42 bits per heavy atom. The molecule has 0 radical (unpaired) electrons. The zero-order chi connectivity index (χ0) is 13.9. The van der Waals surface area contributed by atoms with E-state index in [2.05, 4.69) is 4.72 Å². The molecule has 0 atom stereocenters. The number of thiocarbonyl (C=S) groups is 1. The van der Waals surface area contributed by atoms with Gasteiger partial charge in [0.25, 0.3) is 0 Å². The highest BCUT2D eigenvalue weighted by Gasteiger charge is 2.19. The Morgan fingerprint density at radius 3 is 2.68 bits per heavy atom. The first-order chi connectivity index (χ1) is 8.99. The first-order valence-corrected chi connectivity index (χ1v) is 9.09. The normalized spacial score (nSPS) is 16.8. The average molecular weight is 318 g/mol. The molecule has 1 heterocycles. The molecule has 2 rings (SSSR count). The molecule has 19 heavy (non-hydrogen) atoms. The van der Waals surface area contributed by atoms with Crippen molar-refractivity contribution in [2.75, 3.05) is 6.54 Å². The Bertz CT molecular complexity index is 545. The van der Waals surface area contributed by atoms with Crippen molar-refractivity contribution >= 4 is 38.6 Å². The van der Waals surface area contributed by atoms with Gasteiger partial charge < -0.3 is 5.73 Å².